The Morgan fingerprint density at radius 2 is 2.00 bits per heavy atom. The molecule has 17 heavy (non-hydrogen) atoms. The fraction of sp³-hybridized carbons (Fsp3) is 0.500. The molecule has 0 amide bonds. The third kappa shape index (κ3) is 3.34. The summed E-state index contributed by atoms with van der Waals surface area (Å²) in [5.74, 6) is 0.0964. The van der Waals surface area contributed by atoms with Crippen LogP contribution in [0.1, 0.15) is 31.3 Å². The Kier molecular flexibility index (Phi) is 4.31. The van der Waals surface area contributed by atoms with Crippen LogP contribution >= 0.6 is 0 Å². The Morgan fingerprint density at radius 1 is 1.35 bits per heavy atom. The summed E-state index contributed by atoms with van der Waals surface area (Å²) in [6, 6.07) is 3.09. The van der Waals surface area contributed by atoms with Gasteiger partial charge in [0.15, 0.2) is 5.69 Å². The Morgan fingerprint density at radius 3 is 2.53 bits per heavy atom. The van der Waals surface area contributed by atoms with Gasteiger partial charge >= 0.3 is 5.97 Å². The molecule has 94 valence electrons. The minimum atomic E-state index is -0.507. The molecule has 0 aliphatic heterocycles. The first-order chi connectivity index (χ1) is 7.95. The number of pyridine rings is 1. The van der Waals surface area contributed by atoms with Crippen LogP contribution in [0.25, 0.3) is 0 Å². The number of carbonyl (C=O) groups is 1. The molecular weight excluding hydrogens is 220 g/mol. The first-order valence-electron chi connectivity index (χ1n) is 5.47. The van der Waals surface area contributed by atoms with Crippen LogP contribution in [0.2, 0.25) is 0 Å². The zero-order chi connectivity index (χ0) is 13.0. The van der Waals surface area contributed by atoms with Crippen molar-refractivity contribution in [3.8, 4) is 5.88 Å². The Labute approximate surface area is 101 Å². The van der Waals surface area contributed by atoms with E-state index in [1.807, 2.05) is 20.8 Å². The number of nitrogen functional groups attached to an aromatic ring is 1. The predicted molar refractivity (Wildman–Crippen MR) is 64.9 cm³/mol. The molecule has 5 nitrogen and oxygen atoms in total. The van der Waals surface area contributed by atoms with Gasteiger partial charge in [-0.15, -0.1) is 0 Å². The number of hydrogen-bond acceptors (Lipinski definition) is 5. The van der Waals surface area contributed by atoms with Crippen LogP contribution in [0.5, 0.6) is 5.88 Å². The maximum atomic E-state index is 11.3. The van der Waals surface area contributed by atoms with Crippen LogP contribution in [0.15, 0.2) is 12.1 Å². The fourth-order valence-electron chi connectivity index (χ4n) is 1.08. The lowest BCUT2D eigenvalue weighted by Crippen LogP contribution is -2.20. The molecule has 1 heterocycles. The monoisotopic (exact) mass is 238 g/mol. The van der Waals surface area contributed by atoms with Crippen molar-refractivity contribution in [2.24, 2.45) is 5.92 Å². The number of carbonyl (C=O) groups excluding carboxylic acids is 1. The van der Waals surface area contributed by atoms with Gasteiger partial charge in [0, 0.05) is 0 Å². The van der Waals surface area contributed by atoms with Gasteiger partial charge in [-0.3, -0.25) is 0 Å². The summed E-state index contributed by atoms with van der Waals surface area (Å²) in [5, 5.41) is 0. The van der Waals surface area contributed by atoms with Crippen LogP contribution < -0.4 is 10.5 Å². The highest BCUT2D eigenvalue weighted by Gasteiger charge is 2.15. The average molecular weight is 238 g/mol. The molecule has 5 heteroatoms. The smallest absolute Gasteiger partial charge is 0.356 e. The highest BCUT2D eigenvalue weighted by Crippen LogP contribution is 2.21. The van der Waals surface area contributed by atoms with Gasteiger partial charge in [0.1, 0.15) is 0 Å². The second-order valence-corrected chi connectivity index (χ2v) is 4.15. The molecule has 0 fully saturated rings. The van der Waals surface area contributed by atoms with Gasteiger partial charge in [0.2, 0.25) is 5.88 Å². The summed E-state index contributed by atoms with van der Waals surface area (Å²) < 4.78 is 10.2. The van der Waals surface area contributed by atoms with E-state index in [4.69, 9.17) is 10.5 Å². The summed E-state index contributed by atoms with van der Waals surface area (Å²) in [6.45, 7) is 5.99. The number of hydrogen-bond donors (Lipinski definition) is 1. The number of rotatable bonds is 4. The van der Waals surface area contributed by atoms with Gasteiger partial charge in [0.25, 0.3) is 0 Å². The fourth-order valence-corrected chi connectivity index (χ4v) is 1.08. The van der Waals surface area contributed by atoms with Crippen molar-refractivity contribution < 1.29 is 14.3 Å². The van der Waals surface area contributed by atoms with Gasteiger partial charge < -0.3 is 15.2 Å². The first kappa shape index (κ1) is 13.3. The molecule has 0 aliphatic rings. The molecule has 1 atom stereocenters. The molecule has 0 aliphatic carbocycles. The molecule has 0 radical (unpaired) electrons. The highest BCUT2D eigenvalue weighted by atomic mass is 16.5. The van der Waals surface area contributed by atoms with Crippen LogP contribution in [-0.4, -0.2) is 24.2 Å². The van der Waals surface area contributed by atoms with E-state index in [1.54, 1.807) is 6.07 Å². The topological polar surface area (TPSA) is 74.4 Å². The SMILES string of the molecule is COC(=O)c1ccc(N)c(OC(C)C(C)C)n1. The molecule has 0 bridgehead atoms. The predicted octanol–water partition coefficient (Wildman–Crippen LogP) is 1.87. The first-order valence-corrected chi connectivity index (χ1v) is 5.47. The number of esters is 1. The number of nitrogens with zero attached hydrogens (tertiary/aromatic N) is 1. The molecule has 0 spiro atoms. The Balaban J connectivity index is 2.94. The van der Waals surface area contributed by atoms with Crippen molar-refractivity contribution in [2.75, 3.05) is 12.8 Å². The molecule has 1 aromatic rings. The lowest BCUT2D eigenvalue weighted by molar-refractivity contribution is 0.0591. The average Bonchev–Trinajstić information content (AvgIpc) is 2.30. The van der Waals surface area contributed by atoms with E-state index >= 15 is 0 Å². The lowest BCUT2D eigenvalue weighted by Gasteiger charge is -2.18. The summed E-state index contributed by atoms with van der Waals surface area (Å²) in [4.78, 5) is 15.4. The van der Waals surface area contributed by atoms with Crippen molar-refractivity contribution in [1.29, 1.82) is 0 Å². The zero-order valence-electron chi connectivity index (χ0n) is 10.6. The van der Waals surface area contributed by atoms with E-state index in [2.05, 4.69) is 9.72 Å². The van der Waals surface area contributed by atoms with Crippen LogP contribution in [0.4, 0.5) is 5.69 Å². The molecule has 1 rings (SSSR count). The molecule has 0 saturated carbocycles. The maximum absolute atomic E-state index is 11.3. The van der Waals surface area contributed by atoms with E-state index in [1.165, 1.54) is 13.2 Å². The van der Waals surface area contributed by atoms with E-state index < -0.39 is 5.97 Å². The number of methoxy groups -OCH3 is 1. The third-order valence-corrected chi connectivity index (χ3v) is 2.52. The normalized spacial score (nSPS) is 12.3. The van der Waals surface area contributed by atoms with Crippen molar-refractivity contribution in [1.82, 2.24) is 4.98 Å². The summed E-state index contributed by atoms with van der Waals surface area (Å²) in [7, 11) is 1.30. The van der Waals surface area contributed by atoms with Crippen LogP contribution in [0, 0.1) is 5.92 Å². The minimum Gasteiger partial charge on any atom is -0.473 e. The Hall–Kier alpha value is -1.78. The van der Waals surface area contributed by atoms with Gasteiger partial charge in [-0.2, -0.15) is 0 Å². The van der Waals surface area contributed by atoms with Crippen LogP contribution in [-0.2, 0) is 4.74 Å². The third-order valence-electron chi connectivity index (χ3n) is 2.52. The number of aromatic nitrogens is 1. The quantitative estimate of drug-likeness (QED) is 0.810. The largest absolute Gasteiger partial charge is 0.473 e. The Bertz CT molecular complexity index is 405. The zero-order valence-corrected chi connectivity index (χ0v) is 10.6. The van der Waals surface area contributed by atoms with Gasteiger partial charge in [-0.1, -0.05) is 13.8 Å². The second kappa shape index (κ2) is 5.52. The molecular formula is C12H18N2O3. The molecule has 2 N–H and O–H groups in total. The van der Waals surface area contributed by atoms with Crippen molar-refractivity contribution >= 4 is 11.7 Å². The standard InChI is InChI=1S/C12H18N2O3/c1-7(2)8(3)17-11-9(13)5-6-10(14-11)12(15)16-4/h5-8H,13H2,1-4H3. The van der Waals surface area contributed by atoms with Crippen molar-refractivity contribution in [3.63, 3.8) is 0 Å². The summed E-state index contributed by atoms with van der Waals surface area (Å²) >= 11 is 0. The lowest BCUT2D eigenvalue weighted by atomic mass is 10.1. The molecule has 0 saturated heterocycles. The maximum Gasteiger partial charge on any atom is 0.356 e. The molecule has 1 unspecified atom stereocenters. The summed E-state index contributed by atoms with van der Waals surface area (Å²) in [6.07, 6.45) is -0.0299. The minimum absolute atomic E-state index is 0.0299. The van der Waals surface area contributed by atoms with Gasteiger partial charge in [-0.25, -0.2) is 9.78 Å². The number of ether oxygens (including phenoxy) is 2. The number of nitrogens with two attached hydrogens (primary N) is 1. The van der Waals surface area contributed by atoms with Gasteiger partial charge in [0.05, 0.1) is 18.9 Å². The molecule has 0 aromatic carbocycles. The summed E-state index contributed by atoms with van der Waals surface area (Å²) in [5.41, 5.74) is 6.34. The second-order valence-electron chi connectivity index (χ2n) is 4.15. The van der Waals surface area contributed by atoms with Gasteiger partial charge in [-0.05, 0) is 25.0 Å². The van der Waals surface area contributed by atoms with E-state index in [-0.39, 0.29) is 17.7 Å². The van der Waals surface area contributed by atoms with E-state index in [0.717, 1.165) is 0 Å². The van der Waals surface area contributed by atoms with E-state index in [9.17, 15) is 4.79 Å². The van der Waals surface area contributed by atoms with E-state index in [0.29, 0.717) is 11.6 Å². The molecule has 1 aromatic heterocycles. The van der Waals surface area contributed by atoms with Crippen molar-refractivity contribution in [2.45, 2.75) is 26.9 Å². The van der Waals surface area contributed by atoms with Crippen LogP contribution in [0.3, 0.4) is 0 Å². The number of anilines is 1. The van der Waals surface area contributed by atoms with Crippen molar-refractivity contribution in [3.05, 3.63) is 17.8 Å². The highest BCUT2D eigenvalue weighted by molar-refractivity contribution is 5.87.